The quantitative estimate of drug-likeness (QED) is 0.822. The largest absolute Gasteiger partial charge is 0.316 e. The average Bonchev–Trinajstić information content (AvgIpc) is 2.86. The van der Waals surface area contributed by atoms with Gasteiger partial charge in [0.1, 0.15) is 5.82 Å². The van der Waals surface area contributed by atoms with Gasteiger partial charge in [-0.15, -0.1) is 12.4 Å². The molecule has 0 aromatic heterocycles. The molecule has 1 aliphatic heterocycles. The van der Waals surface area contributed by atoms with Crippen LogP contribution in [-0.2, 0) is 15.8 Å². The van der Waals surface area contributed by atoms with E-state index >= 15 is 0 Å². The monoisotopic (exact) mass is 356 g/mol. The zero-order chi connectivity index (χ0) is 14.6. The molecule has 1 fully saturated rings. The molecule has 2 N–H and O–H groups in total. The molecule has 1 saturated heterocycles. The lowest BCUT2D eigenvalue weighted by Crippen LogP contribution is -2.27. The van der Waals surface area contributed by atoms with Gasteiger partial charge in [-0.1, -0.05) is 17.7 Å². The molecule has 1 atom stereocenters. The Labute approximate surface area is 135 Å². The van der Waals surface area contributed by atoms with Gasteiger partial charge >= 0.3 is 0 Å². The third kappa shape index (κ3) is 6.08. The number of halogens is 3. The van der Waals surface area contributed by atoms with Gasteiger partial charge < -0.3 is 5.32 Å². The zero-order valence-corrected chi connectivity index (χ0v) is 13.8. The topological polar surface area (TPSA) is 58.2 Å². The van der Waals surface area contributed by atoms with Crippen LogP contribution in [0.1, 0.15) is 18.4 Å². The summed E-state index contributed by atoms with van der Waals surface area (Å²) in [5, 5.41) is 3.18. The molecular formula is C13H19Cl2FN2O2S. The summed E-state index contributed by atoms with van der Waals surface area (Å²) in [6, 6.07) is 3.95. The highest BCUT2D eigenvalue weighted by atomic mass is 35.5. The van der Waals surface area contributed by atoms with E-state index in [0.717, 1.165) is 25.9 Å². The predicted octanol–water partition coefficient (Wildman–Crippen LogP) is 2.32. The summed E-state index contributed by atoms with van der Waals surface area (Å²) in [6.45, 7) is 2.39. The lowest BCUT2D eigenvalue weighted by Gasteiger charge is -2.10. The molecule has 0 spiro atoms. The Kier molecular flexibility index (Phi) is 7.36. The van der Waals surface area contributed by atoms with Gasteiger partial charge in [-0.2, -0.15) is 0 Å². The van der Waals surface area contributed by atoms with E-state index in [9.17, 15) is 12.8 Å². The van der Waals surface area contributed by atoms with Crippen molar-refractivity contribution in [3.63, 3.8) is 0 Å². The summed E-state index contributed by atoms with van der Waals surface area (Å²) in [7, 11) is -3.41. The van der Waals surface area contributed by atoms with Crippen LogP contribution >= 0.6 is 24.0 Å². The first-order chi connectivity index (χ1) is 9.46. The van der Waals surface area contributed by atoms with Crippen LogP contribution in [0.15, 0.2) is 18.2 Å². The minimum atomic E-state index is -3.41. The minimum Gasteiger partial charge on any atom is -0.316 e. The van der Waals surface area contributed by atoms with Crippen molar-refractivity contribution >= 4 is 34.0 Å². The van der Waals surface area contributed by atoms with Crippen molar-refractivity contribution in [3.8, 4) is 0 Å². The maximum absolute atomic E-state index is 13.0. The summed E-state index contributed by atoms with van der Waals surface area (Å²) < 4.78 is 39.4. The van der Waals surface area contributed by atoms with Crippen LogP contribution in [0.3, 0.4) is 0 Å². The van der Waals surface area contributed by atoms with Crippen molar-refractivity contribution in [2.45, 2.75) is 18.6 Å². The van der Waals surface area contributed by atoms with Gasteiger partial charge in [0.05, 0.1) is 10.8 Å². The molecule has 1 unspecified atom stereocenters. The molecular weight excluding hydrogens is 338 g/mol. The SMILES string of the molecule is Cl.O=S(=O)(Cc1ccc(F)c(Cl)c1)NCCC1CCNC1. The zero-order valence-electron chi connectivity index (χ0n) is 11.4. The maximum Gasteiger partial charge on any atom is 0.215 e. The summed E-state index contributed by atoms with van der Waals surface area (Å²) in [6.07, 6.45) is 1.92. The molecule has 21 heavy (non-hydrogen) atoms. The van der Waals surface area contributed by atoms with E-state index in [1.807, 2.05) is 0 Å². The van der Waals surface area contributed by atoms with Crippen molar-refractivity contribution in [2.75, 3.05) is 19.6 Å². The Morgan fingerprint density at radius 1 is 1.43 bits per heavy atom. The normalized spacial score (nSPS) is 18.5. The highest BCUT2D eigenvalue weighted by Gasteiger charge is 2.16. The Hall–Kier alpha value is -0.400. The summed E-state index contributed by atoms with van der Waals surface area (Å²) in [5.74, 6) is -0.192. The predicted molar refractivity (Wildman–Crippen MR) is 84.9 cm³/mol. The summed E-state index contributed by atoms with van der Waals surface area (Å²) in [5.41, 5.74) is 0.478. The third-order valence-corrected chi connectivity index (χ3v) is 5.02. The van der Waals surface area contributed by atoms with Gasteiger partial charge in [0.15, 0.2) is 0 Å². The Morgan fingerprint density at radius 2 is 2.19 bits per heavy atom. The van der Waals surface area contributed by atoms with E-state index in [4.69, 9.17) is 11.6 Å². The summed E-state index contributed by atoms with van der Waals surface area (Å²) in [4.78, 5) is 0. The molecule has 0 amide bonds. The third-order valence-electron chi connectivity index (χ3n) is 3.38. The fraction of sp³-hybridized carbons (Fsp3) is 0.538. The second-order valence-electron chi connectivity index (χ2n) is 5.05. The van der Waals surface area contributed by atoms with Crippen LogP contribution in [0.25, 0.3) is 0 Å². The second kappa shape index (κ2) is 8.29. The van der Waals surface area contributed by atoms with E-state index in [1.54, 1.807) is 0 Å². The van der Waals surface area contributed by atoms with Gasteiger partial charge in [-0.05, 0) is 49.5 Å². The molecule has 8 heteroatoms. The van der Waals surface area contributed by atoms with Gasteiger partial charge in [0.25, 0.3) is 0 Å². The van der Waals surface area contributed by atoms with E-state index in [1.165, 1.54) is 18.2 Å². The Bertz CT molecular complexity index is 563. The van der Waals surface area contributed by atoms with Crippen LogP contribution in [0.4, 0.5) is 4.39 Å². The van der Waals surface area contributed by atoms with Crippen LogP contribution in [0.2, 0.25) is 5.02 Å². The van der Waals surface area contributed by atoms with Crippen LogP contribution in [-0.4, -0.2) is 28.1 Å². The molecule has 0 bridgehead atoms. The van der Waals surface area contributed by atoms with Crippen LogP contribution < -0.4 is 10.0 Å². The van der Waals surface area contributed by atoms with Crippen molar-refractivity contribution < 1.29 is 12.8 Å². The fourth-order valence-electron chi connectivity index (χ4n) is 2.28. The second-order valence-corrected chi connectivity index (χ2v) is 7.26. The molecule has 0 aliphatic carbocycles. The molecule has 1 heterocycles. The van der Waals surface area contributed by atoms with Gasteiger partial charge in [0.2, 0.25) is 10.0 Å². The first kappa shape index (κ1) is 18.6. The van der Waals surface area contributed by atoms with Crippen LogP contribution in [0.5, 0.6) is 0 Å². The minimum absolute atomic E-state index is 0. The number of benzene rings is 1. The van der Waals surface area contributed by atoms with Gasteiger partial charge in [-0.3, -0.25) is 0 Å². The molecule has 4 nitrogen and oxygen atoms in total. The highest BCUT2D eigenvalue weighted by molar-refractivity contribution is 7.88. The van der Waals surface area contributed by atoms with Crippen LogP contribution in [0, 0.1) is 11.7 Å². The summed E-state index contributed by atoms with van der Waals surface area (Å²) >= 11 is 5.64. The number of rotatable bonds is 6. The molecule has 0 saturated carbocycles. The smallest absolute Gasteiger partial charge is 0.215 e. The Balaban J connectivity index is 0.00000220. The first-order valence-corrected chi connectivity index (χ1v) is 8.61. The van der Waals surface area contributed by atoms with Crippen molar-refractivity contribution in [2.24, 2.45) is 5.92 Å². The van der Waals surface area contributed by atoms with E-state index in [2.05, 4.69) is 10.0 Å². The average molecular weight is 357 g/mol. The maximum atomic E-state index is 13.0. The molecule has 120 valence electrons. The molecule has 1 aromatic carbocycles. The number of nitrogens with one attached hydrogen (secondary N) is 2. The van der Waals surface area contributed by atoms with Gasteiger partial charge in [-0.25, -0.2) is 17.5 Å². The van der Waals surface area contributed by atoms with E-state index in [0.29, 0.717) is 18.0 Å². The Morgan fingerprint density at radius 3 is 2.81 bits per heavy atom. The molecule has 2 rings (SSSR count). The number of sulfonamides is 1. The van der Waals surface area contributed by atoms with Gasteiger partial charge in [0, 0.05) is 6.54 Å². The van der Waals surface area contributed by atoms with Crippen molar-refractivity contribution in [1.29, 1.82) is 0 Å². The van der Waals surface area contributed by atoms with E-state index < -0.39 is 15.8 Å². The van der Waals surface area contributed by atoms with E-state index in [-0.39, 0.29) is 23.2 Å². The number of hydrogen-bond donors (Lipinski definition) is 2. The molecule has 1 aromatic rings. The fourth-order valence-corrected chi connectivity index (χ4v) is 3.63. The lowest BCUT2D eigenvalue weighted by atomic mass is 10.1. The standard InChI is InChI=1S/C13H18ClFN2O2S.ClH/c14-12-7-11(1-2-13(12)15)9-20(18,19)17-6-4-10-3-5-16-8-10;/h1-2,7,10,16-17H,3-6,8-9H2;1H. The van der Waals surface area contributed by atoms with Crippen molar-refractivity contribution in [1.82, 2.24) is 10.0 Å². The lowest BCUT2D eigenvalue weighted by molar-refractivity contribution is 0.519. The highest BCUT2D eigenvalue weighted by Crippen LogP contribution is 2.17. The van der Waals surface area contributed by atoms with Crippen molar-refractivity contribution in [3.05, 3.63) is 34.6 Å². The molecule has 0 radical (unpaired) electrons. The first-order valence-electron chi connectivity index (χ1n) is 6.58. The number of hydrogen-bond acceptors (Lipinski definition) is 3. The molecule has 1 aliphatic rings.